The number of rotatable bonds is 6. The molecule has 0 aromatic carbocycles. The predicted octanol–water partition coefficient (Wildman–Crippen LogP) is 4.65. The third kappa shape index (κ3) is 4.69. The minimum absolute atomic E-state index is 0.103. The Kier molecular flexibility index (Phi) is 7.81. The van der Waals surface area contributed by atoms with Crippen LogP contribution in [0.4, 0.5) is 0 Å². The van der Waals surface area contributed by atoms with Crippen molar-refractivity contribution in [3.05, 3.63) is 0 Å². The van der Waals surface area contributed by atoms with Crippen LogP contribution in [0.1, 0.15) is 92.4 Å². The number of carbonyl (C=O) groups is 3. The molecule has 0 bridgehead atoms. The Bertz CT molecular complexity index is 861. The Morgan fingerprint density at radius 1 is 0.972 bits per heavy atom. The number of methoxy groups -OCH3 is 1. The van der Waals surface area contributed by atoms with Gasteiger partial charge in [0.15, 0.2) is 0 Å². The van der Waals surface area contributed by atoms with Gasteiger partial charge in [-0.15, -0.1) is 0 Å². The second-order valence-corrected chi connectivity index (χ2v) is 12.9. The molecule has 7 heteroatoms. The molecule has 7 nitrogen and oxygen atoms in total. The molecule has 11 atom stereocenters. The molecule has 0 aromatic rings. The lowest BCUT2D eigenvalue weighted by Crippen LogP contribution is -2.63. The van der Waals surface area contributed by atoms with E-state index in [1.807, 2.05) is 0 Å². The molecule has 4 aliphatic carbocycles. The van der Waals surface area contributed by atoms with Crippen molar-refractivity contribution in [1.82, 2.24) is 0 Å². The number of fused-ring (bicyclic) bond motifs is 5. The maximum atomic E-state index is 12.4. The lowest BCUT2D eigenvalue weighted by Gasteiger charge is -2.64. The van der Waals surface area contributed by atoms with Gasteiger partial charge in [0.25, 0.3) is 0 Å². The molecule has 4 saturated carbocycles. The molecule has 4 aliphatic rings. The molecular weight excluding hydrogens is 458 g/mol. The summed E-state index contributed by atoms with van der Waals surface area (Å²) in [5.41, 5.74) is 6.29. The van der Waals surface area contributed by atoms with Crippen LogP contribution in [0.5, 0.6) is 0 Å². The minimum atomic E-state index is -0.231. The molecule has 204 valence electrons. The van der Waals surface area contributed by atoms with Crippen molar-refractivity contribution >= 4 is 17.9 Å². The molecule has 0 saturated heterocycles. The van der Waals surface area contributed by atoms with Gasteiger partial charge in [0.2, 0.25) is 0 Å². The van der Waals surface area contributed by atoms with E-state index in [0.717, 1.165) is 51.4 Å². The maximum Gasteiger partial charge on any atom is 0.305 e. The molecule has 0 aromatic heterocycles. The summed E-state index contributed by atoms with van der Waals surface area (Å²) in [5, 5.41) is 0. The molecule has 0 amide bonds. The van der Waals surface area contributed by atoms with Crippen LogP contribution in [0.25, 0.3) is 0 Å². The smallest absolute Gasteiger partial charge is 0.305 e. The van der Waals surface area contributed by atoms with Gasteiger partial charge in [-0.25, -0.2) is 0 Å². The van der Waals surface area contributed by atoms with E-state index in [2.05, 4.69) is 20.8 Å². The number of esters is 3. The second-order valence-electron chi connectivity index (χ2n) is 12.9. The van der Waals surface area contributed by atoms with Gasteiger partial charge in [-0.2, -0.15) is 0 Å². The van der Waals surface area contributed by atoms with Crippen LogP contribution in [0.3, 0.4) is 0 Å². The van der Waals surface area contributed by atoms with Crippen molar-refractivity contribution in [1.29, 1.82) is 0 Å². The summed E-state index contributed by atoms with van der Waals surface area (Å²) in [6, 6.07) is 0.197. The molecule has 7 unspecified atom stereocenters. The van der Waals surface area contributed by atoms with Crippen LogP contribution < -0.4 is 5.73 Å². The van der Waals surface area contributed by atoms with Gasteiger partial charge in [-0.1, -0.05) is 20.8 Å². The number of nitrogens with two attached hydrogens (primary N) is 1. The van der Waals surface area contributed by atoms with E-state index < -0.39 is 0 Å². The zero-order valence-electron chi connectivity index (χ0n) is 23.1. The van der Waals surface area contributed by atoms with Crippen LogP contribution in [0.15, 0.2) is 0 Å². The average molecular weight is 506 g/mol. The molecule has 36 heavy (non-hydrogen) atoms. The monoisotopic (exact) mass is 505 g/mol. The number of hydrogen-bond acceptors (Lipinski definition) is 7. The first-order chi connectivity index (χ1) is 16.9. The largest absolute Gasteiger partial charge is 0.469 e. The summed E-state index contributed by atoms with van der Waals surface area (Å²) in [7, 11) is 1.43. The summed E-state index contributed by atoms with van der Waals surface area (Å²) in [6.45, 7) is 9.99. The molecule has 4 rings (SSSR count). The first-order valence-corrected chi connectivity index (χ1v) is 14.1. The Labute approximate surface area is 216 Å². The van der Waals surface area contributed by atoms with E-state index >= 15 is 0 Å². The Morgan fingerprint density at radius 2 is 1.67 bits per heavy atom. The van der Waals surface area contributed by atoms with Gasteiger partial charge in [-0.05, 0) is 86.4 Å². The van der Waals surface area contributed by atoms with Gasteiger partial charge < -0.3 is 19.9 Å². The highest BCUT2D eigenvalue weighted by molar-refractivity contribution is 5.69. The molecular formula is C29H47NO6. The zero-order valence-corrected chi connectivity index (χ0v) is 23.1. The van der Waals surface area contributed by atoms with Crippen molar-refractivity contribution in [2.75, 3.05) is 7.11 Å². The van der Waals surface area contributed by atoms with Crippen LogP contribution >= 0.6 is 0 Å². The molecule has 0 spiro atoms. The number of hydrogen-bond donors (Lipinski definition) is 1. The van der Waals surface area contributed by atoms with Crippen molar-refractivity contribution < 1.29 is 28.6 Å². The fourth-order valence-corrected chi connectivity index (χ4v) is 9.50. The summed E-state index contributed by atoms with van der Waals surface area (Å²) < 4.78 is 17.2. The first kappa shape index (κ1) is 27.4. The minimum Gasteiger partial charge on any atom is -0.469 e. The van der Waals surface area contributed by atoms with Crippen molar-refractivity contribution in [3.8, 4) is 0 Å². The van der Waals surface area contributed by atoms with Crippen molar-refractivity contribution in [2.45, 2.75) is 111 Å². The lowest BCUT2D eigenvalue weighted by molar-refractivity contribution is -0.220. The highest BCUT2D eigenvalue weighted by Crippen LogP contribution is 2.69. The van der Waals surface area contributed by atoms with E-state index in [4.69, 9.17) is 19.9 Å². The Balaban J connectivity index is 1.71. The van der Waals surface area contributed by atoms with E-state index in [9.17, 15) is 14.4 Å². The SMILES string of the molecule is COC(=O)CCC(C)[C@H]1CC[C@H]2C3C(C[C@H](OC(C)=O)C12C)C1(C)CCC(N)CC1C[C@H]3OC(C)=O. The second kappa shape index (κ2) is 10.3. The van der Waals surface area contributed by atoms with Gasteiger partial charge in [-0.3, -0.25) is 14.4 Å². The van der Waals surface area contributed by atoms with Gasteiger partial charge in [0.1, 0.15) is 12.2 Å². The van der Waals surface area contributed by atoms with Crippen LogP contribution in [-0.4, -0.2) is 43.3 Å². The molecule has 0 heterocycles. The van der Waals surface area contributed by atoms with Gasteiger partial charge in [0, 0.05) is 37.6 Å². The maximum absolute atomic E-state index is 12.4. The van der Waals surface area contributed by atoms with Crippen molar-refractivity contribution in [2.24, 2.45) is 52.1 Å². The fourth-order valence-electron chi connectivity index (χ4n) is 9.50. The third-order valence-corrected chi connectivity index (χ3v) is 11.2. The summed E-state index contributed by atoms with van der Waals surface area (Å²) in [4.78, 5) is 36.5. The van der Waals surface area contributed by atoms with E-state index in [1.54, 1.807) is 0 Å². The predicted molar refractivity (Wildman–Crippen MR) is 135 cm³/mol. The van der Waals surface area contributed by atoms with E-state index in [-0.39, 0.29) is 52.9 Å². The van der Waals surface area contributed by atoms with E-state index in [1.165, 1.54) is 21.0 Å². The van der Waals surface area contributed by atoms with Crippen LogP contribution in [-0.2, 0) is 28.6 Å². The first-order valence-electron chi connectivity index (χ1n) is 14.1. The normalized spacial score (nSPS) is 44.4. The van der Waals surface area contributed by atoms with Crippen molar-refractivity contribution in [3.63, 3.8) is 0 Å². The van der Waals surface area contributed by atoms with Crippen LogP contribution in [0, 0.1) is 46.3 Å². The number of ether oxygens (including phenoxy) is 3. The third-order valence-electron chi connectivity index (χ3n) is 11.2. The lowest BCUT2D eigenvalue weighted by atomic mass is 9.43. The van der Waals surface area contributed by atoms with Gasteiger partial charge in [0.05, 0.1) is 7.11 Å². The highest BCUT2D eigenvalue weighted by Gasteiger charge is 2.67. The quantitative estimate of drug-likeness (QED) is 0.414. The Morgan fingerprint density at radius 3 is 2.31 bits per heavy atom. The highest BCUT2D eigenvalue weighted by atomic mass is 16.5. The topological polar surface area (TPSA) is 105 Å². The van der Waals surface area contributed by atoms with Crippen LogP contribution in [0.2, 0.25) is 0 Å². The molecule has 4 fully saturated rings. The summed E-state index contributed by atoms with van der Waals surface area (Å²) >= 11 is 0. The molecule has 0 aliphatic heterocycles. The fraction of sp³-hybridized carbons (Fsp3) is 0.897. The average Bonchev–Trinajstić information content (AvgIpc) is 3.16. The van der Waals surface area contributed by atoms with Gasteiger partial charge >= 0.3 is 17.9 Å². The number of carbonyl (C=O) groups excluding carboxylic acids is 3. The molecule has 2 N–H and O–H groups in total. The summed E-state index contributed by atoms with van der Waals surface area (Å²) in [5.74, 6) is 1.26. The molecule has 0 radical (unpaired) electrons. The summed E-state index contributed by atoms with van der Waals surface area (Å²) in [6.07, 6.45) is 7.63. The van der Waals surface area contributed by atoms with E-state index in [0.29, 0.717) is 36.0 Å². The Hall–Kier alpha value is -1.63. The zero-order chi connectivity index (χ0) is 26.4. The standard InChI is InChI=1S/C29H47NO6/c1-16(7-10-26(33)34-6)21-8-9-22-27-23(15-25(29(21,22)5)36-18(3)32)28(4)12-11-20(30)13-19(28)14-24(27)35-17(2)31/h16,19-25,27H,7-15,30H2,1-6H3/t16?,19?,20?,21-,22+,23?,24-,25+,27?,28?,29?/m1/s1.